The van der Waals surface area contributed by atoms with Gasteiger partial charge in [-0.05, 0) is 25.5 Å². The molecule has 0 aromatic rings. The Balaban J connectivity index is 2.56. The lowest BCUT2D eigenvalue weighted by Gasteiger charge is -1.86. The van der Waals surface area contributed by atoms with Gasteiger partial charge in [0.25, 0.3) is 0 Å². The summed E-state index contributed by atoms with van der Waals surface area (Å²) in [5, 5.41) is 14.8. The highest BCUT2D eigenvalue weighted by Gasteiger charge is 1.79. The first-order valence-electron chi connectivity index (χ1n) is 2.51. The average Bonchev–Trinajstić information content (AvgIpc) is 1.69. The van der Waals surface area contributed by atoms with E-state index in [4.69, 9.17) is 10.5 Å². The van der Waals surface area contributed by atoms with Crippen molar-refractivity contribution in [2.24, 2.45) is 0 Å². The SMILES string of the molecule is N=CCCCCO. The summed E-state index contributed by atoms with van der Waals surface area (Å²) < 4.78 is 0. The van der Waals surface area contributed by atoms with E-state index in [1.54, 1.807) is 0 Å². The fraction of sp³-hybridized carbons (Fsp3) is 0.800. The normalized spacial score (nSPS) is 8.71. The number of aliphatic hydroxyl groups is 1. The smallest absolute Gasteiger partial charge is 0.0431 e. The second-order valence-electron chi connectivity index (χ2n) is 1.42. The average molecular weight is 101 g/mol. The van der Waals surface area contributed by atoms with E-state index < -0.39 is 0 Å². The monoisotopic (exact) mass is 101 g/mol. The van der Waals surface area contributed by atoms with Gasteiger partial charge in [-0.15, -0.1) is 0 Å². The second kappa shape index (κ2) is 5.63. The third-order valence-corrected chi connectivity index (χ3v) is 0.757. The van der Waals surface area contributed by atoms with Crippen molar-refractivity contribution in [1.82, 2.24) is 0 Å². The van der Waals surface area contributed by atoms with Crippen molar-refractivity contribution in [3.63, 3.8) is 0 Å². The molecule has 0 saturated carbocycles. The largest absolute Gasteiger partial charge is 0.396 e. The highest BCUT2D eigenvalue weighted by atomic mass is 16.2. The number of aliphatic hydroxyl groups excluding tert-OH is 1. The van der Waals surface area contributed by atoms with Crippen molar-refractivity contribution in [2.75, 3.05) is 6.61 Å². The van der Waals surface area contributed by atoms with Gasteiger partial charge in [0, 0.05) is 6.61 Å². The summed E-state index contributed by atoms with van der Waals surface area (Å²) in [5.41, 5.74) is 0. The summed E-state index contributed by atoms with van der Waals surface area (Å²) in [7, 11) is 0. The molecule has 0 saturated heterocycles. The molecular formula is C5H11NO. The Hall–Kier alpha value is -0.370. The van der Waals surface area contributed by atoms with Crippen molar-refractivity contribution in [2.45, 2.75) is 19.3 Å². The third-order valence-electron chi connectivity index (χ3n) is 0.757. The molecule has 0 fully saturated rings. The summed E-state index contributed by atoms with van der Waals surface area (Å²) in [6.45, 7) is 0.258. The fourth-order valence-corrected chi connectivity index (χ4v) is 0.358. The van der Waals surface area contributed by atoms with Crippen LogP contribution in [0.25, 0.3) is 0 Å². The first-order chi connectivity index (χ1) is 3.41. The maximum absolute atomic E-state index is 8.22. The molecule has 0 aromatic heterocycles. The van der Waals surface area contributed by atoms with Gasteiger partial charge in [-0.2, -0.15) is 0 Å². The summed E-state index contributed by atoms with van der Waals surface area (Å²) in [5.74, 6) is 0. The van der Waals surface area contributed by atoms with E-state index >= 15 is 0 Å². The minimum absolute atomic E-state index is 0.258. The van der Waals surface area contributed by atoms with Crippen LogP contribution in [0, 0.1) is 5.41 Å². The van der Waals surface area contributed by atoms with Gasteiger partial charge in [-0.3, -0.25) is 0 Å². The Labute approximate surface area is 43.7 Å². The molecule has 0 spiro atoms. The van der Waals surface area contributed by atoms with Crippen molar-refractivity contribution < 1.29 is 5.11 Å². The highest BCUT2D eigenvalue weighted by molar-refractivity contribution is 5.52. The molecule has 2 heteroatoms. The molecule has 0 bridgehead atoms. The molecule has 0 aromatic carbocycles. The highest BCUT2D eigenvalue weighted by Crippen LogP contribution is 1.88. The Morgan fingerprint density at radius 3 is 2.57 bits per heavy atom. The number of rotatable bonds is 4. The van der Waals surface area contributed by atoms with Gasteiger partial charge in [-0.25, -0.2) is 0 Å². The predicted molar refractivity (Wildman–Crippen MR) is 29.7 cm³/mol. The van der Waals surface area contributed by atoms with Crippen molar-refractivity contribution in [3.8, 4) is 0 Å². The summed E-state index contributed by atoms with van der Waals surface area (Å²) in [6, 6.07) is 0. The van der Waals surface area contributed by atoms with E-state index in [1.165, 1.54) is 6.21 Å². The van der Waals surface area contributed by atoms with Gasteiger partial charge in [0.05, 0.1) is 0 Å². The van der Waals surface area contributed by atoms with Crippen LogP contribution in [0.1, 0.15) is 19.3 Å². The molecule has 0 heterocycles. The van der Waals surface area contributed by atoms with E-state index in [-0.39, 0.29) is 6.61 Å². The second-order valence-corrected chi connectivity index (χ2v) is 1.42. The lowest BCUT2D eigenvalue weighted by molar-refractivity contribution is 0.286. The topological polar surface area (TPSA) is 44.1 Å². The van der Waals surface area contributed by atoms with Crippen molar-refractivity contribution in [3.05, 3.63) is 0 Å². The minimum Gasteiger partial charge on any atom is -0.396 e. The lowest BCUT2D eigenvalue weighted by atomic mass is 10.3. The molecule has 0 aliphatic rings. The van der Waals surface area contributed by atoms with Crippen LogP contribution in [0.4, 0.5) is 0 Å². The molecule has 0 aliphatic heterocycles. The van der Waals surface area contributed by atoms with Crippen LogP contribution in [0.15, 0.2) is 0 Å². The van der Waals surface area contributed by atoms with Gasteiger partial charge < -0.3 is 10.5 Å². The van der Waals surface area contributed by atoms with Crippen molar-refractivity contribution >= 4 is 6.21 Å². The summed E-state index contributed by atoms with van der Waals surface area (Å²) >= 11 is 0. The van der Waals surface area contributed by atoms with Gasteiger partial charge in [0.2, 0.25) is 0 Å². The Morgan fingerprint density at radius 2 is 2.14 bits per heavy atom. The van der Waals surface area contributed by atoms with Gasteiger partial charge >= 0.3 is 0 Å². The zero-order valence-electron chi connectivity index (χ0n) is 4.35. The number of hydrogen-bond donors (Lipinski definition) is 2. The zero-order chi connectivity index (χ0) is 5.54. The molecule has 7 heavy (non-hydrogen) atoms. The van der Waals surface area contributed by atoms with E-state index in [1.807, 2.05) is 0 Å². The fourth-order valence-electron chi connectivity index (χ4n) is 0.358. The molecule has 0 aliphatic carbocycles. The van der Waals surface area contributed by atoms with Crippen molar-refractivity contribution in [1.29, 1.82) is 5.41 Å². The zero-order valence-corrected chi connectivity index (χ0v) is 4.35. The lowest BCUT2D eigenvalue weighted by Crippen LogP contribution is -1.81. The molecule has 42 valence electrons. The van der Waals surface area contributed by atoms with Crippen LogP contribution in [0.2, 0.25) is 0 Å². The van der Waals surface area contributed by atoms with Crippen LogP contribution in [0.3, 0.4) is 0 Å². The van der Waals surface area contributed by atoms with E-state index in [0.717, 1.165) is 19.3 Å². The third kappa shape index (κ3) is 5.63. The summed E-state index contributed by atoms with van der Waals surface area (Å²) in [6.07, 6.45) is 3.95. The van der Waals surface area contributed by atoms with Gasteiger partial charge in [-0.1, -0.05) is 0 Å². The van der Waals surface area contributed by atoms with Crippen LogP contribution in [-0.4, -0.2) is 17.9 Å². The molecule has 0 radical (unpaired) electrons. The van der Waals surface area contributed by atoms with Gasteiger partial charge in [0.15, 0.2) is 0 Å². The maximum atomic E-state index is 8.22. The van der Waals surface area contributed by atoms with Crippen LogP contribution >= 0.6 is 0 Å². The van der Waals surface area contributed by atoms with Gasteiger partial charge in [0.1, 0.15) is 0 Å². The molecular weight excluding hydrogens is 90.1 g/mol. The maximum Gasteiger partial charge on any atom is 0.0431 e. The van der Waals surface area contributed by atoms with E-state index in [2.05, 4.69) is 0 Å². The Bertz CT molecular complexity index is 45.3. The Morgan fingerprint density at radius 1 is 1.43 bits per heavy atom. The predicted octanol–water partition coefficient (Wildman–Crippen LogP) is 0.799. The Kier molecular flexibility index (Phi) is 5.33. The summed E-state index contributed by atoms with van der Waals surface area (Å²) in [4.78, 5) is 0. The van der Waals surface area contributed by atoms with E-state index in [0.29, 0.717) is 0 Å². The molecule has 2 nitrogen and oxygen atoms in total. The molecule has 0 atom stereocenters. The molecule has 0 amide bonds. The first kappa shape index (κ1) is 6.63. The molecule has 0 rings (SSSR count). The number of unbranched alkanes of at least 4 members (excludes halogenated alkanes) is 2. The standard InChI is InChI=1S/C5H11NO/c6-4-2-1-3-5-7/h4,6-7H,1-3,5H2. The molecule has 2 N–H and O–H groups in total. The van der Waals surface area contributed by atoms with Crippen LogP contribution < -0.4 is 0 Å². The first-order valence-corrected chi connectivity index (χ1v) is 2.51. The van der Waals surface area contributed by atoms with Crippen LogP contribution in [0.5, 0.6) is 0 Å². The minimum atomic E-state index is 0.258. The quantitative estimate of drug-likeness (QED) is 0.399. The number of hydrogen-bond acceptors (Lipinski definition) is 2. The molecule has 0 unspecified atom stereocenters. The number of nitrogens with one attached hydrogen (secondary N) is 1. The van der Waals surface area contributed by atoms with E-state index in [9.17, 15) is 0 Å². The van der Waals surface area contributed by atoms with Crippen LogP contribution in [-0.2, 0) is 0 Å².